The summed E-state index contributed by atoms with van der Waals surface area (Å²) in [7, 11) is 0. The van der Waals surface area contributed by atoms with E-state index in [1.165, 1.54) is 18.3 Å². The maximum Gasteiger partial charge on any atom is 3.00 e. The van der Waals surface area contributed by atoms with Crippen LogP contribution in [-0.2, 0) is 16.5 Å². The minimum absolute atomic E-state index is 0. The van der Waals surface area contributed by atoms with E-state index in [-0.39, 0.29) is 28.0 Å². The average molecular weight is 357 g/mol. The predicted octanol–water partition coefficient (Wildman–Crippen LogP) is 2.51. The van der Waals surface area contributed by atoms with Gasteiger partial charge in [-0.1, -0.05) is 56.0 Å². The Balaban J connectivity index is 0.000000709. The number of rotatable bonds is 4. The first kappa shape index (κ1) is 21.2. The van der Waals surface area contributed by atoms with E-state index < -0.39 is 0 Å². The zero-order chi connectivity index (χ0) is 16.4. The molecule has 0 aliphatic carbocycles. The fraction of sp³-hybridized carbons (Fsp3) is 0.278. The molecular weight excluding hydrogens is 335 g/mol. The summed E-state index contributed by atoms with van der Waals surface area (Å²) in [5.74, 6) is -0.244. The fourth-order valence-corrected chi connectivity index (χ4v) is 1.70. The number of hydrogen-bond donors (Lipinski definition) is 1. The first-order chi connectivity index (χ1) is 10.6. The van der Waals surface area contributed by atoms with E-state index >= 15 is 0 Å². The number of benzene rings is 2. The van der Waals surface area contributed by atoms with E-state index in [1.807, 2.05) is 6.92 Å². The van der Waals surface area contributed by atoms with E-state index in [0.717, 1.165) is 18.7 Å². The molecule has 2 rings (SSSR count). The summed E-state index contributed by atoms with van der Waals surface area (Å²) in [6, 6.07) is 11.5. The molecular formula is C18H22N2NiO2+. The fourth-order valence-electron chi connectivity index (χ4n) is 1.70. The van der Waals surface area contributed by atoms with Crippen LogP contribution in [0, 0.1) is 6.92 Å². The number of para-hydroxylation sites is 1. The maximum absolute atomic E-state index is 11.5. The molecule has 1 N–H and O–H groups in total. The second-order valence-electron chi connectivity index (χ2n) is 4.72. The summed E-state index contributed by atoms with van der Waals surface area (Å²) in [5, 5.41) is 26.0. The van der Waals surface area contributed by atoms with Crippen molar-refractivity contribution in [1.82, 2.24) is 5.32 Å². The molecule has 4 nitrogen and oxygen atoms in total. The van der Waals surface area contributed by atoms with Gasteiger partial charge in [0.15, 0.2) is 0 Å². The van der Waals surface area contributed by atoms with Gasteiger partial charge >= 0.3 is 16.5 Å². The van der Waals surface area contributed by atoms with E-state index in [4.69, 9.17) is 0 Å². The van der Waals surface area contributed by atoms with Crippen molar-refractivity contribution in [3.63, 3.8) is 0 Å². The number of hydrogen-bond acceptors (Lipinski definition) is 4. The van der Waals surface area contributed by atoms with Gasteiger partial charge in [0.05, 0.1) is 5.69 Å². The monoisotopic (exact) mass is 356 g/mol. The van der Waals surface area contributed by atoms with E-state index in [2.05, 4.69) is 24.2 Å². The van der Waals surface area contributed by atoms with Gasteiger partial charge in [0.1, 0.15) is 0 Å². The summed E-state index contributed by atoms with van der Waals surface area (Å²) in [6.07, 6.45) is 1.43. The summed E-state index contributed by atoms with van der Waals surface area (Å²) in [6.45, 7) is 8.28. The van der Waals surface area contributed by atoms with Gasteiger partial charge in [-0.05, 0) is 37.2 Å². The van der Waals surface area contributed by atoms with Crippen LogP contribution in [0.2, 0.25) is 0 Å². The van der Waals surface area contributed by atoms with Gasteiger partial charge in [0.2, 0.25) is 0 Å². The van der Waals surface area contributed by atoms with Crippen molar-refractivity contribution in [1.29, 1.82) is 0 Å². The Kier molecular flexibility index (Phi) is 10.8. The normalized spacial score (nSPS) is 9.87. The molecule has 5 heteroatoms. The minimum Gasteiger partial charge on any atom is -0.872 e. The third kappa shape index (κ3) is 7.82. The molecule has 0 amide bonds. The van der Waals surface area contributed by atoms with Gasteiger partial charge in [-0.3, -0.25) is 4.99 Å². The Labute approximate surface area is 148 Å². The zero-order valence-electron chi connectivity index (χ0n) is 13.6. The van der Waals surface area contributed by atoms with Crippen LogP contribution in [0.3, 0.4) is 0 Å². The van der Waals surface area contributed by atoms with Crippen molar-refractivity contribution in [2.75, 3.05) is 13.1 Å². The summed E-state index contributed by atoms with van der Waals surface area (Å²) < 4.78 is 0. The van der Waals surface area contributed by atoms with Crippen LogP contribution in [-0.4, -0.2) is 19.3 Å². The summed E-state index contributed by atoms with van der Waals surface area (Å²) in [5.41, 5.74) is 1.80. The van der Waals surface area contributed by atoms with Gasteiger partial charge in [-0.15, -0.1) is 5.75 Å². The molecule has 0 unspecified atom stereocenters. The van der Waals surface area contributed by atoms with E-state index in [0.29, 0.717) is 11.3 Å². The van der Waals surface area contributed by atoms with Crippen LogP contribution in [0.1, 0.15) is 25.0 Å². The minimum atomic E-state index is -0.143. The second kappa shape index (κ2) is 11.7. The van der Waals surface area contributed by atoms with Gasteiger partial charge < -0.3 is 15.5 Å². The largest absolute Gasteiger partial charge is 3.00 e. The van der Waals surface area contributed by atoms with Crippen molar-refractivity contribution < 1.29 is 26.7 Å². The first-order valence-corrected chi connectivity index (χ1v) is 7.37. The summed E-state index contributed by atoms with van der Waals surface area (Å²) >= 11 is 0. The molecule has 0 atom stereocenters. The predicted molar refractivity (Wildman–Crippen MR) is 88.0 cm³/mol. The van der Waals surface area contributed by atoms with Crippen LogP contribution in [0.5, 0.6) is 11.5 Å². The number of aliphatic imine (C=N–C) groups is 1. The van der Waals surface area contributed by atoms with Crippen molar-refractivity contribution in [3.05, 3.63) is 53.6 Å². The van der Waals surface area contributed by atoms with Crippen molar-refractivity contribution in [2.45, 2.75) is 20.8 Å². The molecule has 0 aliphatic heterocycles. The van der Waals surface area contributed by atoms with Crippen LogP contribution < -0.4 is 15.5 Å². The van der Waals surface area contributed by atoms with Crippen LogP contribution in [0.15, 0.2) is 47.5 Å². The van der Waals surface area contributed by atoms with Crippen molar-refractivity contribution in [3.8, 4) is 11.5 Å². The van der Waals surface area contributed by atoms with Crippen LogP contribution >= 0.6 is 0 Å². The smallest absolute Gasteiger partial charge is 0.872 e. The third-order valence-electron chi connectivity index (χ3n) is 2.88. The van der Waals surface area contributed by atoms with Gasteiger partial charge in [-0.25, -0.2) is 0 Å². The molecule has 2 aromatic carbocycles. The molecule has 0 aliphatic rings. The standard InChI is InChI=1S/C14H13NO2.C4H11N.Ni/c1-10-6-7-14(17)12(8-10)15-9-11-4-2-3-5-13(11)16;1-3-5-4-2;/h2-9,16-17H,1H3;5H,3-4H2,1-2H3;/q;;+3/p-2. The van der Waals surface area contributed by atoms with Gasteiger partial charge in [0, 0.05) is 6.21 Å². The van der Waals surface area contributed by atoms with Crippen LogP contribution in [0.25, 0.3) is 0 Å². The Hall–Kier alpha value is -1.84. The van der Waals surface area contributed by atoms with E-state index in [1.54, 1.807) is 30.3 Å². The zero-order valence-corrected chi connectivity index (χ0v) is 14.6. The number of nitrogens with zero attached hydrogens (tertiary/aromatic N) is 1. The molecule has 1 radical (unpaired) electrons. The maximum atomic E-state index is 11.5. The molecule has 125 valence electrons. The number of aryl methyl sites for hydroxylation is 1. The van der Waals surface area contributed by atoms with Crippen molar-refractivity contribution >= 4 is 11.9 Å². The molecule has 23 heavy (non-hydrogen) atoms. The molecule has 0 bridgehead atoms. The van der Waals surface area contributed by atoms with Crippen LogP contribution in [0.4, 0.5) is 5.69 Å². The molecule has 0 spiro atoms. The molecule has 0 heterocycles. The third-order valence-corrected chi connectivity index (χ3v) is 2.88. The second-order valence-corrected chi connectivity index (χ2v) is 4.72. The first-order valence-electron chi connectivity index (χ1n) is 7.37. The molecule has 0 saturated heterocycles. The number of nitrogens with one attached hydrogen (secondary N) is 1. The van der Waals surface area contributed by atoms with Gasteiger partial charge in [-0.2, -0.15) is 0 Å². The quantitative estimate of drug-likeness (QED) is 0.675. The summed E-state index contributed by atoms with van der Waals surface area (Å²) in [4.78, 5) is 4.06. The molecule has 2 aromatic rings. The average Bonchev–Trinajstić information content (AvgIpc) is 2.51. The molecule has 0 saturated carbocycles. The Morgan fingerprint density at radius 3 is 2.22 bits per heavy atom. The Bertz CT molecular complexity index is 614. The van der Waals surface area contributed by atoms with Gasteiger partial charge in [0.25, 0.3) is 0 Å². The van der Waals surface area contributed by atoms with Crippen molar-refractivity contribution in [2.24, 2.45) is 4.99 Å². The topological polar surface area (TPSA) is 70.5 Å². The Morgan fingerprint density at radius 2 is 1.65 bits per heavy atom. The molecule has 0 aromatic heterocycles. The van der Waals surface area contributed by atoms with E-state index in [9.17, 15) is 10.2 Å². The SMILES string of the molecule is CCNCC.Cc1ccc([O-])c(N=Cc2ccccc2[O-])c1.[Ni+3]. The Morgan fingerprint density at radius 1 is 1.00 bits per heavy atom. The molecule has 0 fully saturated rings.